The van der Waals surface area contributed by atoms with Crippen LogP contribution in [-0.4, -0.2) is 33.8 Å². The molecule has 1 fully saturated rings. The first-order valence-corrected chi connectivity index (χ1v) is 6.80. The fraction of sp³-hybridized carbons (Fsp3) is 0.571. The van der Waals surface area contributed by atoms with Gasteiger partial charge in [0, 0.05) is 30.6 Å². The van der Waals surface area contributed by atoms with Crippen LogP contribution < -0.4 is 15.0 Å². The quantitative estimate of drug-likeness (QED) is 0.844. The summed E-state index contributed by atoms with van der Waals surface area (Å²) in [7, 11) is 3.86. The minimum atomic E-state index is 0.345. The van der Waals surface area contributed by atoms with Crippen LogP contribution in [0.2, 0.25) is 5.02 Å². The largest absolute Gasteiger partial charge is 0.495 e. The second-order valence-corrected chi connectivity index (χ2v) is 5.94. The van der Waals surface area contributed by atoms with Crippen LogP contribution >= 0.6 is 11.6 Å². The van der Waals surface area contributed by atoms with Gasteiger partial charge in [-0.15, -0.1) is 0 Å². The van der Waals surface area contributed by atoms with Crippen LogP contribution in [0.15, 0.2) is 12.1 Å². The zero-order chi connectivity index (χ0) is 12.8. The van der Waals surface area contributed by atoms with Gasteiger partial charge in [-0.05, 0) is 37.1 Å². The van der Waals surface area contributed by atoms with Crippen LogP contribution in [0.4, 0.5) is 5.69 Å². The van der Waals surface area contributed by atoms with Crippen molar-refractivity contribution in [3.05, 3.63) is 22.7 Å². The number of halogens is 1. The van der Waals surface area contributed by atoms with E-state index < -0.39 is 0 Å². The van der Waals surface area contributed by atoms with Gasteiger partial charge in [0.05, 0.1) is 12.8 Å². The molecule has 1 aromatic rings. The van der Waals surface area contributed by atoms with Gasteiger partial charge >= 0.3 is 0 Å². The Hall–Kier alpha value is -0.930. The first-order valence-electron chi connectivity index (χ1n) is 6.42. The fourth-order valence-corrected chi connectivity index (χ4v) is 3.66. The van der Waals surface area contributed by atoms with E-state index in [1.165, 1.54) is 17.7 Å². The molecular weight excluding hydrogens is 248 g/mol. The standard InChI is InChI=1S/C14H19ClN2O/c1-17-9-14(5-6-16-8-14)7-10-11(15)3-4-12(18-2)13(10)17/h3-4,16H,5-9H2,1-2H3. The fourth-order valence-electron chi connectivity index (χ4n) is 3.44. The number of anilines is 1. The van der Waals surface area contributed by atoms with Crippen molar-refractivity contribution in [2.24, 2.45) is 5.41 Å². The molecule has 0 aromatic heterocycles. The normalized spacial score (nSPS) is 26.5. The van der Waals surface area contributed by atoms with E-state index in [-0.39, 0.29) is 0 Å². The first-order chi connectivity index (χ1) is 8.65. The number of hydrogen-bond donors (Lipinski definition) is 1. The highest BCUT2D eigenvalue weighted by Crippen LogP contribution is 2.46. The molecule has 3 nitrogen and oxygen atoms in total. The maximum absolute atomic E-state index is 6.40. The third-order valence-electron chi connectivity index (χ3n) is 4.25. The van der Waals surface area contributed by atoms with E-state index in [2.05, 4.69) is 17.3 Å². The molecule has 1 unspecified atom stereocenters. The van der Waals surface area contributed by atoms with E-state index in [0.717, 1.165) is 36.8 Å². The summed E-state index contributed by atoms with van der Waals surface area (Å²) in [5.41, 5.74) is 2.76. The Balaban J connectivity index is 2.08. The number of methoxy groups -OCH3 is 1. The number of nitrogens with one attached hydrogen (secondary N) is 1. The zero-order valence-electron chi connectivity index (χ0n) is 10.9. The summed E-state index contributed by atoms with van der Waals surface area (Å²) in [5, 5.41) is 4.35. The Kier molecular flexibility index (Phi) is 2.91. The van der Waals surface area contributed by atoms with Gasteiger partial charge in [-0.1, -0.05) is 11.6 Å². The smallest absolute Gasteiger partial charge is 0.142 e. The van der Waals surface area contributed by atoms with E-state index in [4.69, 9.17) is 16.3 Å². The molecule has 2 heterocycles. The minimum absolute atomic E-state index is 0.345. The Morgan fingerprint density at radius 1 is 1.44 bits per heavy atom. The third-order valence-corrected chi connectivity index (χ3v) is 4.60. The molecule has 1 saturated heterocycles. The molecule has 3 rings (SSSR count). The average molecular weight is 267 g/mol. The van der Waals surface area contributed by atoms with Crippen molar-refractivity contribution in [2.45, 2.75) is 12.8 Å². The maximum atomic E-state index is 6.40. The van der Waals surface area contributed by atoms with Gasteiger partial charge in [-0.2, -0.15) is 0 Å². The molecule has 2 aliphatic heterocycles. The third kappa shape index (κ3) is 1.77. The molecule has 1 spiro atoms. The molecule has 0 bridgehead atoms. The van der Waals surface area contributed by atoms with Crippen molar-refractivity contribution in [1.29, 1.82) is 0 Å². The van der Waals surface area contributed by atoms with Gasteiger partial charge in [0.15, 0.2) is 0 Å². The highest BCUT2D eigenvalue weighted by molar-refractivity contribution is 6.32. The van der Waals surface area contributed by atoms with Crippen LogP contribution in [0, 0.1) is 5.41 Å². The summed E-state index contributed by atoms with van der Waals surface area (Å²) in [6, 6.07) is 3.91. The summed E-state index contributed by atoms with van der Waals surface area (Å²) in [4.78, 5) is 2.30. The minimum Gasteiger partial charge on any atom is -0.495 e. The second kappa shape index (κ2) is 4.32. The summed E-state index contributed by atoms with van der Waals surface area (Å²) >= 11 is 6.40. The van der Waals surface area contributed by atoms with Crippen molar-refractivity contribution < 1.29 is 4.74 Å². The lowest BCUT2D eigenvalue weighted by Gasteiger charge is -2.41. The Morgan fingerprint density at radius 2 is 2.28 bits per heavy atom. The molecule has 2 aliphatic rings. The number of fused-ring (bicyclic) bond motifs is 1. The number of nitrogens with zero attached hydrogens (tertiary/aromatic N) is 1. The molecule has 98 valence electrons. The second-order valence-electron chi connectivity index (χ2n) is 5.54. The topological polar surface area (TPSA) is 24.5 Å². The Labute approximate surface area is 113 Å². The molecule has 1 atom stereocenters. The molecule has 4 heteroatoms. The van der Waals surface area contributed by atoms with E-state index in [0.29, 0.717) is 5.41 Å². The van der Waals surface area contributed by atoms with Gasteiger partial charge in [0.25, 0.3) is 0 Å². The van der Waals surface area contributed by atoms with E-state index in [9.17, 15) is 0 Å². The maximum Gasteiger partial charge on any atom is 0.142 e. The number of rotatable bonds is 1. The zero-order valence-corrected chi connectivity index (χ0v) is 11.7. The van der Waals surface area contributed by atoms with Crippen molar-refractivity contribution >= 4 is 17.3 Å². The summed E-state index contributed by atoms with van der Waals surface area (Å²) in [6.07, 6.45) is 2.28. The predicted octanol–water partition coefficient (Wildman–Crippen LogP) is 2.32. The Bertz CT molecular complexity index is 469. The molecule has 0 saturated carbocycles. The lowest BCUT2D eigenvalue weighted by molar-refractivity contribution is 0.311. The van der Waals surface area contributed by atoms with Crippen molar-refractivity contribution in [1.82, 2.24) is 5.32 Å². The highest BCUT2D eigenvalue weighted by atomic mass is 35.5. The molecule has 1 aromatic carbocycles. The number of benzene rings is 1. The van der Waals surface area contributed by atoms with Crippen LogP contribution in [0.5, 0.6) is 5.75 Å². The molecule has 18 heavy (non-hydrogen) atoms. The van der Waals surface area contributed by atoms with Crippen molar-refractivity contribution in [3.63, 3.8) is 0 Å². The van der Waals surface area contributed by atoms with Crippen LogP contribution in [-0.2, 0) is 6.42 Å². The van der Waals surface area contributed by atoms with Gasteiger partial charge in [0.1, 0.15) is 5.75 Å². The van der Waals surface area contributed by atoms with Gasteiger partial charge in [0.2, 0.25) is 0 Å². The SMILES string of the molecule is COc1ccc(Cl)c2c1N(C)CC1(CCNC1)C2. The predicted molar refractivity (Wildman–Crippen MR) is 74.9 cm³/mol. The average Bonchev–Trinajstić information content (AvgIpc) is 2.79. The Morgan fingerprint density at radius 3 is 2.94 bits per heavy atom. The van der Waals surface area contributed by atoms with Crippen LogP contribution in [0.25, 0.3) is 0 Å². The highest BCUT2D eigenvalue weighted by Gasteiger charge is 2.40. The molecule has 0 radical (unpaired) electrons. The van der Waals surface area contributed by atoms with Crippen molar-refractivity contribution in [3.8, 4) is 5.75 Å². The van der Waals surface area contributed by atoms with E-state index in [1.807, 2.05) is 12.1 Å². The number of hydrogen-bond acceptors (Lipinski definition) is 3. The van der Waals surface area contributed by atoms with E-state index >= 15 is 0 Å². The molecule has 0 aliphatic carbocycles. The monoisotopic (exact) mass is 266 g/mol. The molecule has 1 N–H and O–H groups in total. The number of ether oxygens (including phenoxy) is 1. The summed E-state index contributed by atoms with van der Waals surface area (Å²) < 4.78 is 5.47. The van der Waals surface area contributed by atoms with Crippen molar-refractivity contribution in [2.75, 3.05) is 38.7 Å². The summed E-state index contributed by atoms with van der Waals surface area (Å²) in [6.45, 7) is 3.28. The molecular formula is C14H19ClN2O. The lowest BCUT2D eigenvalue weighted by Crippen LogP contribution is -2.43. The molecule has 0 amide bonds. The lowest BCUT2D eigenvalue weighted by atomic mass is 9.77. The van der Waals surface area contributed by atoms with Crippen LogP contribution in [0.1, 0.15) is 12.0 Å². The first kappa shape index (κ1) is 12.1. The van der Waals surface area contributed by atoms with Gasteiger partial charge < -0.3 is 15.0 Å². The van der Waals surface area contributed by atoms with Gasteiger partial charge in [-0.3, -0.25) is 0 Å². The van der Waals surface area contributed by atoms with Crippen LogP contribution in [0.3, 0.4) is 0 Å². The van der Waals surface area contributed by atoms with Gasteiger partial charge in [-0.25, -0.2) is 0 Å². The summed E-state index contributed by atoms with van der Waals surface area (Å²) in [5.74, 6) is 0.928. The van der Waals surface area contributed by atoms with E-state index in [1.54, 1.807) is 7.11 Å².